The summed E-state index contributed by atoms with van der Waals surface area (Å²) in [5, 5.41) is 0.660. The van der Waals surface area contributed by atoms with Crippen molar-refractivity contribution in [1.29, 1.82) is 0 Å². The minimum absolute atomic E-state index is 0.267. The number of ether oxygens (including phenoxy) is 2. The molecule has 40 heavy (non-hydrogen) atoms. The van der Waals surface area contributed by atoms with Crippen LogP contribution in [-0.2, 0) is 19.1 Å². The number of amides is 3. The molecule has 10 nitrogen and oxygen atoms in total. The fraction of sp³-hybridized carbons (Fsp3) is 0.467. The summed E-state index contributed by atoms with van der Waals surface area (Å²) >= 11 is 0. The summed E-state index contributed by atoms with van der Waals surface area (Å²) in [4.78, 5) is 58.2. The molecule has 1 aliphatic carbocycles. The maximum atomic E-state index is 14.5. The Morgan fingerprint density at radius 3 is 2.35 bits per heavy atom. The molecule has 1 saturated carbocycles. The molecule has 0 radical (unpaired) electrons. The first-order chi connectivity index (χ1) is 19.2. The Kier molecular flexibility index (Phi) is 7.80. The zero-order valence-electron chi connectivity index (χ0n) is 23.0. The number of rotatable bonds is 6. The number of benzene rings is 2. The van der Waals surface area contributed by atoms with Crippen molar-refractivity contribution >= 4 is 23.7 Å². The number of carbonyl (C=O) groups excluding carboxylic acids is 4. The number of para-hydroxylation sites is 1. The van der Waals surface area contributed by atoms with Gasteiger partial charge in [-0.3, -0.25) is 19.3 Å². The second-order valence-corrected chi connectivity index (χ2v) is 11.0. The third-order valence-electron chi connectivity index (χ3n) is 8.16. The minimum atomic E-state index is -2.03. The van der Waals surface area contributed by atoms with Crippen LogP contribution in [-0.4, -0.2) is 63.0 Å². The van der Waals surface area contributed by atoms with Gasteiger partial charge >= 0.3 is 17.8 Å². The van der Waals surface area contributed by atoms with Crippen molar-refractivity contribution < 1.29 is 28.7 Å². The summed E-state index contributed by atoms with van der Waals surface area (Å²) in [6.45, 7) is 3.72. The quantitative estimate of drug-likeness (QED) is 0.252. The first kappa shape index (κ1) is 27.6. The second kappa shape index (κ2) is 11.3. The van der Waals surface area contributed by atoms with Crippen LogP contribution in [0.25, 0.3) is 0 Å². The van der Waals surface area contributed by atoms with Gasteiger partial charge in [-0.25, -0.2) is 15.6 Å². The van der Waals surface area contributed by atoms with E-state index in [1.165, 1.54) is 9.80 Å². The lowest BCUT2D eigenvalue weighted by molar-refractivity contribution is -0.206. The lowest BCUT2D eigenvalue weighted by Crippen LogP contribution is -2.77. The predicted octanol–water partition coefficient (Wildman–Crippen LogP) is 3.81. The molecule has 2 aromatic rings. The van der Waals surface area contributed by atoms with Crippen LogP contribution in [0.5, 0.6) is 11.5 Å². The molecule has 212 valence electrons. The Hall–Kier alpha value is -3.92. The number of hydrogen-bond acceptors (Lipinski definition) is 7. The van der Waals surface area contributed by atoms with Gasteiger partial charge in [-0.05, 0) is 49.6 Å². The highest BCUT2D eigenvalue weighted by Gasteiger charge is 2.61. The van der Waals surface area contributed by atoms with E-state index < -0.39 is 47.5 Å². The summed E-state index contributed by atoms with van der Waals surface area (Å²) in [7, 11) is 0. The van der Waals surface area contributed by atoms with E-state index in [9.17, 15) is 19.2 Å². The van der Waals surface area contributed by atoms with E-state index in [4.69, 9.17) is 15.3 Å². The number of nitrogens with zero attached hydrogens (tertiary/aromatic N) is 3. The van der Waals surface area contributed by atoms with E-state index in [2.05, 4.69) is 0 Å². The van der Waals surface area contributed by atoms with Crippen LogP contribution in [0.1, 0.15) is 69.2 Å². The van der Waals surface area contributed by atoms with Crippen LogP contribution >= 0.6 is 0 Å². The fourth-order valence-corrected chi connectivity index (χ4v) is 6.18. The van der Waals surface area contributed by atoms with Crippen LogP contribution < -0.4 is 10.6 Å². The van der Waals surface area contributed by atoms with Gasteiger partial charge in [0.1, 0.15) is 11.5 Å². The van der Waals surface area contributed by atoms with Gasteiger partial charge in [-0.1, -0.05) is 57.4 Å². The molecule has 2 atom stereocenters. The molecule has 0 bridgehead atoms. The molecule has 2 unspecified atom stereocenters. The van der Waals surface area contributed by atoms with Crippen molar-refractivity contribution in [2.24, 2.45) is 11.8 Å². The van der Waals surface area contributed by atoms with Crippen molar-refractivity contribution in [3.8, 4) is 11.5 Å². The van der Waals surface area contributed by atoms with Gasteiger partial charge in [0, 0.05) is 30.5 Å². The molecule has 2 saturated heterocycles. The Labute approximate surface area is 234 Å². The maximum Gasteiger partial charge on any atom is 0.357 e. The molecule has 0 spiro atoms. The van der Waals surface area contributed by atoms with Crippen molar-refractivity contribution in [2.75, 3.05) is 6.54 Å². The monoisotopic (exact) mass is 548 g/mol. The highest BCUT2D eigenvalue weighted by Crippen LogP contribution is 2.39. The number of carbonyl (C=O) groups is 4. The number of fused-ring (bicyclic) bond motifs is 1. The molecule has 10 heteroatoms. The Balaban J connectivity index is 1.61. The van der Waals surface area contributed by atoms with Gasteiger partial charge in [0.05, 0.1) is 0 Å². The lowest BCUT2D eigenvalue weighted by Gasteiger charge is -2.53. The average molecular weight is 549 g/mol. The van der Waals surface area contributed by atoms with Gasteiger partial charge in [0.25, 0.3) is 5.91 Å². The summed E-state index contributed by atoms with van der Waals surface area (Å²) in [6, 6.07) is 15.5. The lowest BCUT2D eigenvalue weighted by atomic mass is 9.85. The molecule has 0 aromatic heterocycles. The number of esters is 1. The molecule has 3 aliphatic rings. The molecule has 2 N–H and O–H groups in total. The zero-order valence-corrected chi connectivity index (χ0v) is 23.0. The van der Waals surface area contributed by atoms with E-state index >= 15 is 0 Å². The first-order valence-corrected chi connectivity index (χ1v) is 14.0. The molecule has 2 aromatic carbocycles. The Bertz CT molecular complexity index is 1280. The van der Waals surface area contributed by atoms with E-state index in [0.29, 0.717) is 48.7 Å². The molecular weight excluding hydrogens is 512 g/mol. The minimum Gasteiger partial charge on any atom is -0.457 e. The van der Waals surface area contributed by atoms with Gasteiger partial charge in [-0.15, -0.1) is 0 Å². The highest BCUT2D eigenvalue weighted by molar-refractivity contribution is 6.35. The molecule has 3 fully saturated rings. The van der Waals surface area contributed by atoms with Gasteiger partial charge in [-0.2, -0.15) is 0 Å². The summed E-state index contributed by atoms with van der Waals surface area (Å²) in [6.07, 6.45) is 4.08. The SMILES string of the molecule is CC(C)C1(N(C(=O)c2cccc(Oc3ccccc3)c2)C2CCCCC2)C(=O)OC2CCCN2C(=O)C(=O)N1N. The normalized spacial score (nSPS) is 23.9. The van der Waals surface area contributed by atoms with E-state index in [1.807, 2.05) is 30.3 Å². The number of hydrogen-bond donors (Lipinski definition) is 1. The van der Waals surface area contributed by atoms with Crippen molar-refractivity contribution in [3.05, 3.63) is 60.2 Å². The van der Waals surface area contributed by atoms with Gasteiger partial charge in [0.15, 0.2) is 6.23 Å². The van der Waals surface area contributed by atoms with Crippen LogP contribution in [0.2, 0.25) is 0 Å². The molecule has 3 amide bonds. The van der Waals surface area contributed by atoms with Crippen molar-refractivity contribution in [3.63, 3.8) is 0 Å². The maximum absolute atomic E-state index is 14.5. The van der Waals surface area contributed by atoms with Crippen LogP contribution in [0.4, 0.5) is 0 Å². The summed E-state index contributed by atoms with van der Waals surface area (Å²) < 4.78 is 11.9. The third-order valence-corrected chi connectivity index (χ3v) is 8.16. The highest BCUT2D eigenvalue weighted by atomic mass is 16.6. The predicted molar refractivity (Wildman–Crippen MR) is 145 cm³/mol. The smallest absolute Gasteiger partial charge is 0.357 e. The van der Waals surface area contributed by atoms with Gasteiger partial charge in [0.2, 0.25) is 5.66 Å². The van der Waals surface area contributed by atoms with E-state index in [1.54, 1.807) is 38.1 Å². The van der Waals surface area contributed by atoms with Gasteiger partial charge < -0.3 is 14.4 Å². The number of hydrazine groups is 1. The standard InChI is InChI=1S/C30H36N4O6/c1-20(2)30(29(38)40-25-17-10-18-32(25)27(36)28(37)34(30)31)33(22-12-5-3-6-13-22)26(35)21-11-9-16-24(19-21)39-23-14-7-4-8-15-23/h4,7-9,11,14-16,19-20,22,25H,3,5-6,10,12-13,17-18,31H2,1-2H3. The average Bonchev–Trinajstić information content (AvgIpc) is 3.42. The van der Waals surface area contributed by atoms with Crippen molar-refractivity contribution in [2.45, 2.75) is 76.7 Å². The van der Waals surface area contributed by atoms with Crippen LogP contribution in [0.3, 0.4) is 0 Å². The molecular formula is C30H36N4O6. The van der Waals surface area contributed by atoms with Crippen LogP contribution in [0.15, 0.2) is 54.6 Å². The van der Waals surface area contributed by atoms with E-state index in [-0.39, 0.29) is 5.56 Å². The largest absolute Gasteiger partial charge is 0.457 e. The van der Waals surface area contributed by atoms with Crippen LogP contribution in [0, 0.1) is 5.92 Å². The molecule has 2 heterocycles. The third kappa shape index (κ3) is 4.81. The topological polar surface area (TPSA) is 122 Å². The Morgan fingerprint density at radius 2 is 1.65 bits per heavy atom. The first-order valence-electron chi connectivity index (χ1n) is 14.0. The Morgan fingerprint density at radius 1 is 0.950 bits per heavy atom. The molecule has 2 aliphatic heterocycles. The number of nitrogens with two attached hydrogens (primary N) is 1. The fourth-order valence-electron chi connectivity index (χ4n) is 6.18. The zero-order chi connectivity index (χ0) is 28.4. The molecule has 5 rings (SSSR count). The van der Waals surface area contributed by atoms with E-state index in [0.717, 1.165) is 19.3 Å². The van der Waals surface area contributed by atoms with Crippen molar-refractivity contribution in [1.82, 2.24) is 14.8 Å². The summed E-state index contributed by atoms with van der Waals surface area (Å²) in [5.74, 6) is 3.65. The summed E-state index contributed by atoms with van der Waals surface area (Å²) in [5.41, 5.74) is -1.76. The second-order valence-electron chi connectivity index (χ2n) is 11.0.